The van der Waals surface area contributed by atoms with Gasteiger partial charge in [-0.3, -0.25) is 9.59 Å². The fourth-order valence-electron chi connectivity index (χ4n) is 2.06. The second-order valence-corrected chi connectivity index (χ2v) is 5.24. The van der Waals surface area contributed by atoms with E-state index < -0.39 is 0 Å². The zero-order valence-electron chi connectivity index (χ0n) is 13.3. The van der Waals surface area contributed by atoms with E-state index in [9.17, 15) is 9.59 Å². The van der Waals surface area contributed by atoms with Crippen molar-refractivity contribution in [2.75, 3.05) is 38.6 Å². The summed E-state index contributed by atoms with van der Waals surface area (Å²) in [4.78, 5) is 27.4. The van der Waals surface area contributed by atoms with Gasteiger partial charge in [0.15, 0.2) is 0 Å². The van der Waals surface area contributed by atoms with Crippen molar-refractivity contribution < 1.29 is 9.59 Å². The van der Waals surface area contributed by atoms with Gasteiger partial charge in [-0.1, -0.05) is 25.1 Å². The summed E-state index contributed by atoms with van der Waals surface area (Å²) in [6.45, 7) is 4.93. The van der Waals surface area contributed by atoms with Gasteiger partial charge in [0.1, 0.15) is 6.54 Å². The largest absolute Gasteiger partial charge is 0.353 e. The number of para-hydroxylation sites is 1. The molecule has 1 aromatic rings. The van der Waals surface area contributed by atoms with E-state index in [0.29, 0.717) is 6.54 Å². The van der Waals surface area contributed by atoms with Gasteiger partial charge in [0.05, 0.1) is 0 Å². The molecule has 0 aliphatic carbocycles. The Hall–Kier alpha value is -1.88. The average Bonchev–Trinajstić information content (AvgIpc) is 2.44. The first-order valence-electron chi connectivity index (χ1n) is 7.23. The average molecular weight is 291 g/mol. The molecule has 21 heavy (non-hydrogen) atoms. The van der Waals surface area contributed by atoms with Gasteiger partial charge in [-0.05, 0) is 32.1 Å². The van der Waals surface area contributed by atoms with Crippen molar-refractivity contribution in [2.45, 2.75) is 20.3 Å². The Bertz CT molecular complexity index is 486. The summed E-state index contributed by atoms with van der Waals surface area (Å²) in [5, 5.41) is 2.83. The molecule has 1 rings (SSSR count). The van der Waals surface area contributed by atoms with Crippen LogP contribution in [0, 0.1) is 0 Å². The van der Waals surface area contributed by atoms with Crippen LogP contribution >= 0.6 is 0 Å². The topological polar surface area (TPSA) is 52.7 Å². The Morgan fingerprint density at radius 2 is 1.86 bits per heavy atom. The quantitative estimate of drug-likeness (QED) is 0.823. The fraction of sp³-hybridized carbons (Fsp3) is 0.500. The first-order valence-corrected chi connectivity index (χ1v) is 7.23. The molecule has 116 valence electrons. The molecule has 0 spiro atoms. The monoisotopic (exact) mass is 291 g/mol. The van der Waals surface area contributed by atoms with Gasteiger partial charge in [0.25, 0.3) is 0 Å². The molecule has 1 N–H and O–H groups in total. The molecule has 2 amide bonds. The molecule has 0 aliphatic heterocycles. The lowest BCUT2D eigenvalue weighted by molar-refractivity contribution is -0.123. The van der Waals surface area contributed by atoms with Crippen LogP contribution in [0.5, 0.6) is 0 Å². The normalized spacial score (nSPS) is 10.5. The minimum atomic E-state index is -0.141. The highest BCUT2D eigenvalue weighted by Gasteiger charge is 2.17. The Morgan fingerprint density at radius 3 is 2.43 bits per heavy atom. The third-order valence-corrected chi connectivity index (χ3v) is 3.23. The van der Waals surface area contributed by atoms with Crippen LogP contribution in [-0.4, -0.2) is 50.4 Å². The third-order valence-electron chi connectivity index (χ3n) is 3.23. The molecule has 5 nitrogen and oxygen atoms in total. The van der Waals surface area contributed by atoms with Crippen LogP contribution < -0.4 is 10.2 Å². The number of rotatable bonds is 7. The van der Waals surface area contributed by atoms with E-state index in [1.54, 1.807) is 0 Å². The number of hydrogen-bond donors (Lipinski definition) is 1. The maximum Gasteiger partial charge on any atom is 0.240 e. The third kappa shape index (κ3) is 5.55. The maximum absolute atomic E-state index is 12.0. The van der Waals surface area contributed by atoms with Gasteiger partial charge in [0, 0.05) is 25.7 Å². The van der Waals surface area contributed by atoms with Crippen LogP contribution in [-0.2, 0) is 16.0 Å². The van der Waals surface area contributed by atoms with Crippen molar-refractivity contribution in [2.24, 2.45) is 0 Å². The standard InChI is InChI=1S/C16H25N3O2/c1-5-14-8-6-7-9-15(14)19(13(2)20)12-16(21)17-10-11-18(3)4/h6-9H,5,10-12H2,1-4H3,(H,17,21). The minimum Gasteiger partial charge on any atom is -0.353 e. The predicted molar refractivity (Wildman–Crippen MR) is 85.4 cm³/mol. The van der Waals surface area contributed by atoms with Crippen LogP contribution in [0.3, 0.4) is 0 Å². The second kappa shape index (κ2) is 8.42. The zero-order chi connectivity index (χ0) is 15.8. The summed E-state index contributed by atoms with van der Waals surface area (Å²) in [6, 6.07) is 7.69. The van der Waals surface area contributed by atoms with E-state index in [1.807, 2.05) is 50.2 Å². The minimum absolute atomic E-state index is 0.0553. The highest BCUT2D eigenvalue weighted by Crippen LogP contribution is 2.20. The first-order chi connectivity index (χ1) is 9.95. The van der Waals surface area contributed by atoms with Crippen molar-refractivity contribution in [3.63, 3.8) is 0 Å². The predicted octanol–water partition coefficient (Wildman–Crippen LogP) is 1.28. The molecule has 0 fully saturated rings. The Balaban J connectivity index is 2.74. The molecule has 1 aromatic carbocycles. The molecule has 0 atom stereocenters. The van der Waals surface area contributed by atoms with Crippen LogP contribution in [0.2, 0.25) is 0 Å². The molecule has 0 saturated heterocycles. The summed E-state index contributed by atoms with van der Waals surface area (Å²) in [7, 11) is 3.90. The fourth-order valence-corrected chi connectivity index (χ4v) is 2.06. The van der Waals surface area contributed by atoms with Crippen molar-refractivity contribution in [3.8, 4) is 0 Å². The zero-order valence-corrected chi connectivity index (χ0v) is 13.3. The van der Waals surface area contributed by atoms with Crippen LogP contribution in [0.1, 0.15) is 19.4 Å². The molecule has 0 bridgehead atoms. The summed E-state index contributed by atoms with van der Waals surface area (Å²) >= 11 is 0. The summed E-state index contributed by atoms with van der Waals surface area (Å²) in [5.74, 6) is -0.267. The van der Waals surface area contributed by atoms with E-state index in [2.05, 4.69) is 5.32 Å². The molecule has 5 heteroatoms. The number of likely N-dealkylation sites (N-methyl/N-ethyl adjacent to an activating group) is 1. The maximum atomic E-state index is 12.0. The van der Waals surface area contributed by atoms with Gasteiger partial charge in [-0.2, -0.15) is 0 Å². The SMILES string of the molecule is CCc1ccccc1N(CC(=O)NCCN(C)C)C(C)=O. The van der Waals surface area contributed by atoms with E-state index in [-0.39, 0.29) is 18.4 Å². The number of carbonyl (C=O) groups excluding carboxylic acids is 2. The van der Waals surface area contributed by atoms with Crippen molar-refractivity contribution >= 4 is 17.5 Å². The van der Waals surface area contributed by atoms with E-state index in [4.69, 9.17) is 0 Å². The number of aryl methyl sites for hydroxylation is 1. The summed E-state index contributed by atoms with van der Waals surface area (Å²) in [6.07, 6.45) is 0.822. The lowest BCUT2D eigenvalue weighted by Crippen LogP contribution is -2.42. The Kier molecular flexibility index (Phi) is 6.88. The number of amides is 2. The summed E-state index contributed by atoms with van der Waals surface area (Å²) in [5.41, 5.74) is 1.88. The van der Waals surface area contributed by atoms with Crippen molar-refractivity contribution in [1.29, 1.82) is 0 Å². The lowest BCUT2D eigenvalue weighted by Gasteiger charge is -2.23. The van der Waals surface area contributed by atoms with E-state index >= 15 is 0 Å². The molecule has 0 aromatic heterocycles. The molecular formula is C16H25N3O2. The number of benzene rings is 1. The highest BCUT2D eigenvalue weighted by molar-refractivity contribution is 5.98. The molecule has 0 radical (unpaired) electrons. The first kappa shape index (κ1) is 17.2. The Morgan fingerprint density at radius 1 is 1.19 bits per heavy atom. The van der Waals surface area contributed by atoms with E-state index in [0.717, 1.165) is 24.2 Å². The van der Waals surface area contributed by atoms with Crippen LogP contribution in [0.25, 0.3) is 0 Å². The van der Waals surface area contributed by atoms with Crippen LogP contribution in [0.15, 0.2) is 24.3 Å². The van der Waals surface area contributed by atoms with Gasteiger partial charge < -0.3 is 15.1 Å². The molecular weight excluding hydrogens is 266 g/mol. The molecule has 0 unspecified atom stereocenters. The number of nitrogens with one attached hydrogen (secondary N) is 1. The molecule has 0 saturated carbocycles. The van der Waals surface area contributed by atoms with Crippen molar-refractivity contribution in [1.82, 2.24) is 10.2 Å². The smallest absolute Gasteiger partial charge is 0.240 e. The van der Waals surface area contributed by atoms with Gasteiger partial charge in [-0.25, -0.2) is 0 Å². The Labute approximate surface area is 126 Å². The second-order valence-electron chi connectivity index (χ2n) is 5.24. The lowest BCUT2D eigenvalue weighted by atomic mass is 10.1. The number of hydrogen-bond acceptors (Lipinski definition) is 3. The van der Waals surface area contributed by atoms with E-state index in [1.165, 1.54) is 11.8 Å². The van der Waals surface area contributed by atoms with Gasteiger partial charge >= 0.3 is 0 Å². The number of nitrogens with zero attached hydrogens (tertiary/aromatic N) is 2. The van der Waals surface area contributed by atoms with Crippen LogP contribution in [0.4, 0.5) is 5.69 Å². The number of carbonyl (C=O) groups is 2. The van der Waals surface area contributed by atoms with Gasteiger partial charge in [-0.15, -0.1) is 0 Å². The summed E-state index contributed by atoms with van der Waals surface area (Å²) < 4.78 is 0. The van der Waals surface area contributed by atoms with Gasteiger partial charge in [0.2, 0.25) is 11.8 Å². The van der Waals surface area contributed by atoms with Crippen molar-refractivity contribution in [3.05, 3.63) is 29.8 Å². The molecule has 0 aliphatic rings. The highest BCUT2D eigenvalue weighted by atomic mass is 16.2. The molecule has 0 heterocycles. The number of anilines is 1.